The molecule has 2 aromatic heterocycles. The SMILES string of the molecule is CCc1cnc(N(CCc2csc(SC(C)(C)C(=O)O)n2)Cc2ccc(C(=O)N3CCCC3)cc2)nc1. The van der Waals surface area contributed by atoms with Gasteiger partial charge in [0.2, 0.25) is 5.95 Å². The van der Waals surface area contributed by atoms with Crippen molar-refractivity contribution in [1.29, 1.82) is 0 Å². The summed E-state index contributed by atoms with van der Waals surface area (Å²) in [5.41, 5.74) is 3.78. The molecule has 1 N–H and O–H groups in total. The maximum absolute atomic E-state index is 12.7. The third-order valence-corrected chi connectivity index (χ3v) is 8.55. The molecule has 3 heterocycles. The molecule has 1 fully saturated rings. The molecule has 1 aliphatic rings. The number of hydrogen-bond donors (Lipinski definition) is 1. The van der Waals surface area contributed by atoms with Crippen molar-refractivity contribution in [2.45, 2.75) is 62.1 Å². The summed E-state index contributed by atoms with van der Waals surface area (Å²) in [5.74, 6) is -0.116. The van der Waals surface area contributed by atoms with Gasteiger partial charge >= 0.3 is 5.97 Å². The van der Waals surface area contributed by atoms with Crippen LogP contribution in [0.1, 0.15) is 60.8 Å². The van der Waals surface area contributed by atoms with Crippen molar-refractivity contribution < 1.29 is 14.7 Å². The van der Waals surface area contributed by atoms with E-state index in [2.05, 4.69) is 26.8 Å². The number of rotatable bonds is 11. The number of carboxylic acid groups (broad SMARTS) is 1. The number of likely N-dealkylation sites (tertiary alicyclic amines) is 1. The molecule has 0 aliphatic carbocycles. The van der Waals surface area contributed by atoms with Crippen LogP contribution in [-0.2, 0) is 24.2 Å². The fraction of sp³-hybridized carbons (Fsp3) is 0.444. The first-order valence-electron chi connectivity index (χ1n) is 12.6. The largest absolute Gasteiger partial charge is 0.480 e. The van der Waals surface area contributed by atoms with Crippen molar-refractivity contribution in [2.24, 2.45) is 0 Å². The number of carbonyl (C=O) groups excluding carboxylic acids is 1. The van der Waals surface area contributed by atoms with Gasteiger partial charge in [0.15, 0.2) is 4.34 Å². The Labute approximate surface area is 226 Å². The van der Waals surface area contributed by atoms with Crippen LogP contribution in [0.5, 0.6) is 0 Å². The molecule has 0 atom stereocenters. The van der Waals surface area contributed by atoms with Crippen molar-refractivity contribution in [3.8, 4) is 0 Å². The van der Waals surface area contributed by atoms with Crippen LogP contribution in [-0.4, -0.2) is 61.2 Å². The number of carbonyl (C=O) groups is 2. The van der Waals surface area contributed by atoms with Crippen LogP contribution >= 0.6 is 23.1 Å². The zero-order valence-corrected chi connectivity index (χ0v) is 23.1. The van der Waals surface area contributed by atoms with Gasteiger partial charge in [-0.15, -0.1) is 11.3 Å². The molecule has 1 saturated heterocycles. The van der Waals surface area contributed by atoms with E-state index in [-0.39, 0.29) is 5.91 Å². The summed E-state index contributed by atoms with van der Waals surface area (Å²) in [5, 5.41) is 11.4. The molecular formula is C27H33N5O3S2. The van der Waals surface area contributed by atoms with Crippen LogP contribution < -0.4 is 4.90 Å². The number of amides is 1. The zero-order chi connectivity index (χ0) is 26.4. The molecule has 0 saturated carbocycles. The highest BCUT2D eigenvalue weighted by Crippen LogP contribution is 2.34. The predicted molar refractivity (Wildman–Crippen MR) is 147 cm³/mol. The summed E-state index contributed by atoms with van der Waals surface area (Å²) >= 11 is 2.73. The lowest BCUT2D eigenvalue weighted by Crippen LogP contribution is -2.28. The van der Waals surface area contributed by atoms with Crippen molar-refractivity contribution in [1.82, 2.24) is 19.9 Å². The van der Waals surface area contributed by atoms with Crippen LogP contribution in [0, 0.1) is 0 Å². The molecule has 0 bridgehead atoms. The molecule has 37 heavy (non-hydrogen) atoms. The second kappa shape index (κ2) is 12.0. The minimum atomic E-state index is -0.932. The van der Waals surface area contributed by atoms with Gasteiger partial charge in [-0.05, 0) is 56.4 Å². The van der Waals surface area contributed by atoms with E-state index < -0.39 is 10.7 Å². The van der Waals surface area contributed by atoms with Gasteiger partial charge < -0.3 is 14.9 Å². The second-order valence-corrected chi connectivity index (χ2v) is 12.4. The molecule has 4 rings (SSSR count). The monoisotopic (exact) mass is 539 g/mol. The Morgan fingerprint density at radius 3 is 2.41 bits per heavy atom. The number of nitrogens with zero attached hydrogens (tertiary/aromatic N) is 5. The summed E-state index contributed by atoms with van der Waals surface area (Å²) in [7, 11) is 0. The predicted octanol–water partition coefficient (Wildman–Crippen LogP) is 4.94. The van der Waals surface area contributed by atoms with E-state index in [1.54, 1.807) is 13.8 Å². The molecule has 1 amide bonds. The van der Waals surface area contributed by atoms with E-state index in [1.807, 2.05) is 46.9 Å². The summed E-state index contributed by atoms with van der Waals surface area (Å²) in [6.07, 6.45) is 7.42. The quantitative estimate of drug-likeness (QED) is 0.342. The topological polar surface area (TPSA) is 99.5 Å². The lowest BCUT2D eigenvalue weighted by atomic mass is 10.1. The average Bonchev–Trinajstić information content (AvgIpc) is 3.59. The number of aromatic nitrogens is 3. The van der Waals surface area contributed by atoms with Crippen LogP contribution in [0.4, 0.5) is 5.95 Å². The van der Waals surface area contributed by atoms with Gasteiger partial charge in [0, 0.05) is 55.9 Å². The third-order valence-electron chi connectivity index (χ3n) is 6.38. The number of thioether (sulfide) groups is 1. The molecule has 196 valence electrons. The van der Waals surface area contributed by atoms with Crippen molar-refractivity contribution in [2.75, 3.05) is 24.5 Å². The summed E-state index contributed by atoms with van der Waals surface area (Å²) in [4.78, 5) is 42.0. The number of benzene rings is 1. The summed E-state index contributed by atoms with van der Waals surface area (Å²) in [6.45, 7) is 8.37. The smallest absolute Gasteiger partial charge is 0.319 e. The molecule has 1 aromatic carbocycles. The zero-order valence-electron chi connectivity index (χ0n) is 21.5. The van der Waals surface area contributed by atoms with Crippen LogP contribution in [0.2, 0.25) is 0 Å². The van der Waals surface area contributed by atoms with E-state index in [9.17, 15) is 14.7 Å². The Bertz CT molecular complexity index is 1210. The van der Waals surface area contributed by atoms with Crippen LogP contribution in [0.15, 0.2) is 46.4 Å². The number of hydrogen-bond acceptors (Lipinski definition) is 8. The van der Waals surface area contributed by atoms with Gasteiger partial charge in [0.05, 0.1) is 5.69 Å². The lowest BCUT2D eigenvalue weighted by Gasteiger charge is -2.23. The molecule has 0 spiro atoms. The standard InChI is InChI=1S/C27H33N5O3S2/c1-4-19-15-28-25(29-16-19)32(14-11-22-18-36-26(30-22)37-27(2,3)24(34)35)17-20-7-9-21(10-8-20)23(33)31-12-5-6-13-31/h7-10,15-16,18H,4-6,11-14,17H2,1-3H3,(H,34,35). The first-order valence-corrected chi connectivity index (χ1v) is 14.3. The fourth-order valence-corrected chi connectivity index (χ4v) is 6.21. The van der Waals surface area contributed by atoms with Crippen LogP contribution in [0.25, 0.3) is 0 Å². The summed E-state index contributed by atoms with van der Waals surface area (Å²) < 4.78 is -0.186. The maximum Gasteiger partial charge on any atom is 0.319 e. The molecular weight excluding hydrogens is 506 g/mol. The third kappa shape index (κ3) is 7.07. The lowest BCUT2D eigenvalue weighted by molar-refractivity contribution is -0.138. The van der Waals surface area contributed by atoms with Gasteiger partial charge in [0.25, 0.3) is 5.91 Å². The van der Waals surface area contributed by atoms with Gasteiger partial charge in [-0.1, -0.05) is 30.8 Å². The Kier molecular flexibility index (Phi) is 8.81. The molecule has 0 radical (unpaired) electrons. The molecule has 0 unspecified atom stereocenters. The van der Waals surface area contributed by atoms with Gasteiger partial charge in [0.1, 0.15) is 4.75 Å². The fourth-order valence-electron chi connectivity index (χ4n) is 3.98. The van der Waals surface area contributed by atoms with E-state index in [0.717, 1.165) is 59.1 Å². The first-order chi connectivity index (χ1) is 17.7. The van der Waals surface area contributed by atoms with E-state index >= 15 is 0 Å². The van der Waals surface area contributed by atoms with E-state index in [0.29, 0.717) is 25.5 Å². The molecule has 1 aliphatic heterocycles. The number of aliphatic carboxylic acids is 1. The van der Waals surface area contributed by atoms with E-state index in [4.69, 9.17) is 0 Å². The second-order valence-electron chi connectivity index (χ2n) is 9.63. The minimum Gasteiger partial charge on any atom is -0.480 e. The number of thiazole rings is 1. The number of carboxylic acids is 1. The van der Waals surface area contributed by atoms with Gasteiger partial charge in [-0.25, -0.2) is 15.0 Å². The Morgan fingerprint density at radius 2 is 1.78 bits per heavy atom. The van der Waals surface area contributed by atoms with Gasteiger partial charge in [-0.3, -0.25) is 9.59 Å². The Morgan fingerprint density at radius 1 is 1.11 bits per heavy atom. The highest BCUT2D eigenvalue weighted by molar-refractivity contribution is 8.03. The Balaban J connectivity index is 1.46. The first kappa shape index (κ1) is 27.1. The van der Waals surface area contributed by atoms with Gasteiger partial charge in [-0.2, -0.15) is 0 Å². The number of aryl methyl sites for hydroxylation is 1. The average molecular weight is 540 g/mol. The maximum atomic E-state index is 12.7. The summed E-state index contributed by atoms with van der Waals surface area (Å²) in [6, 6.07) is 7.82. The molecule has 8 nitrogen and oxygen atoms in total. The normalized spacial score (nSPS) is 13.6. The number of anilines is 1. The minimum absolute atomic E-state index is 0.0997. The van der Waals surface area contributed by atoms with Crippen molar-refractivity contribution >= 4 is 40.9 Å². The van der Waals surface area contributed by atoms with Crippen molar-refractivity contribution in [3.05, 3.63) is 64.4 Å². The van der Waals surface area contributed by atoms with Crippen LogP contribution in [0.3, 0.4) is 0 Å². The van der Waals surface area contributed by atoms with Crippen molar-refractivity contribution in [3.63, 3.8) is 0 Å². The Hall–Kier alpha value is -2.98. The highest BCUT2D eigenvalue weighted by Gasteiger charge is 2.30. The van der Waals surface area contributed by atoms with E-state index in [1.165, 1.54) is 23.1 Å². The molecule has 10 heteroatoms. The molecule has 3 aromatic rings. The highest BCUT2D eigenvalue weighted by atomic mass is 32.2.